The summed E-state index contributed by atoms with van der Waals surface area (Å²) in [4.78, 5) is 33.4. The van der Waals surface area contributed by atoms with Crippen LogP contribution in [0.1, 0.15) is 56.9 Å². The summed E-state index contributed by atoms with van der Waals surface area (Å²) in [6.07, 6.45) is 11.5. The van der Waals surface area contributed by atoms with E-state index in [1.807, 2.05) is 34.2 Å². The number of para-hydroxylation sites is 1. The number of pyridine rings is 1. The molecule has 0 N–H and O–H groups in total. The molecule has 2 amide bonds. The summed E-state index contributed by atoms with van der Waals surface area (Å²) in [5.74, 6) is 0.241. The van der Waals surface area contributed by atoms with Gasteiger partial charge >= 0.3 is 0 Å². The predicted molar refractivity (Wildman–Crippen MR) is 125 cm³/mol. The molecule has 6 nitrogen and oxygen atoms in total. The summed E-state index contributed by atoms with van der Waals surface area (Å²) in [7, 11) is 0. The van der Waals surface area contributed by atoms with Crippen LogP contribution < -0.4 is 0 Å². The first-order chi connectivity index (χ1) is 15.7. The zero-order chi connectivity index (χ0) is 22.2. The lowest BCUT2D eigenvalue weighted by molar-refractivity contribution is -0.144. The summed E-state index contributed by atoms with van der Waals surface area (Å²) >= 11 is 0. The Hall–Kier alpha value is -2.47. The van der Waals surface area contributed by atoms with Crippen molar-refractivity contribution in [1.82, 2.24) is 14.8 Å². The van der Waals surface area contributed by atoms with Gasteiger partial charge in [-0.3, -0.25) is 14.6 Å². The zero-order valence-electron chi connectivity index (χ0n) is 19.0. The minimum atomic E-state index is 0.0603. The van der Waals surface area contributed by atoms with Gasteiger partial charge in [-0.2, -0.15) is 0 Å². The van der Waals surface area contributed by atoms with E-state index in [4.69, 9.17) is 4.74 Å². The average Bonchev–Trinajstić information content (AvgIpc) is 3.11. The highest BCUT2D eigenvalue weighted by atomic mass is 16.5. The smallest absolute Gasteiger partial charge is 0.248 e. The second kappa shape index (κ2) is 11.4. The van der Waals surface area contributed by atoms with Crippen LogP contribution in [0.25, 0.3) is 10.9 Å². The van der Waals surface area contributed by atoms with Crippen molar-refractivity contribution in [2.24, 2.45) is 0 Å². The number of hydrogen-bond acceptors (Lipinski definition) is 4. The van der Waals surface area contributed by atoms with Gasteiger partial charge in [0.15, 0.2) is 0 Å². The average molecular weight is 438 g/mol. The maximum Gasteiger partial charge on any atom is 0.248 e. The van der Waals surface area contributed by atoms with Crippen molar-refractivity contribution in [1.29, 1.82) is 0 Å². The van der Waals surface area contributed by atoms with Gasteiger partial charge in [-0.25, -0.2) is 0 Å². The Bertz CT molecular complexity index is 900. The van der Waals surface area contributed by atoms with Crippen molar-refractivity contribution in [3.8, 4) is 0 Å². The summed E-state index contributed by atoms with van der Waals surface area (Å²) in [6.45, 7) is 2.62. The first-order valence-corrected chi connectivity index (χ1v) is 12.2. The Morgan fingerprint density at radius 1 is 0.938 bits per heavy atom. The molecule has 1 aliphatic carbocycles. The molecule has 0 spiro atoms. The van der Waals surface area contributed by atoms with Crippen LogP contribution in [0.4, 0.5) is 0 Å². The molecule has 6 heteroatoms. The number of benzene rings is 1. The molecule has 1 aromatic heterocycles. The van der Waals surface area contributed by atoms with Gasteiger partial charge in [0.25, 0.3) is 0 Å². The summed E-state index contributed by atoms with van der Waals surface area (Å²) in [5, 5.41) is 1.14. The highest BCUT2D eigenvalue weighted by Gasteiger charge is 2.24. The van der Waals surface area contributed by atoms with Crippen LogP contribution in [-0.2, 0) is 20.7 Å². The highest BCUT2D eigenvalue weighted by Crippen LogP contribution is 2.20. The van der Waals surface area contributed by atoms with E-state index in [9.17, 15) is 9.59 Å². The fraction of sp³-hybridized carbons (Fsp3) is 0.577. The van der Waals surface area contributed by atoms with E-state index in [2.05, 4.69) is 17.1 Å². The predicted octanol–water partition coefficient (Wildman–Crippen LogP) is 3.97. The van der Waals surface area contributed by atoms with Crippen LogP contribution in [0.2, 0.25) is 0 Å². The van der Waals surface area contributed by atoms with Gasteiger partial charge in [-0.15, -0.1) is 0 Å². The largest absolute Gasteiger partial charge is 0.368 e. The molecular formula is C26H35N3O3. The second-order valence-corrected chi connectivity index (χ2v) is 9.08. The Labute approximate surface area is 190 Å². The van der Waals surface area contributed by atoms with E-state index in [-0.39, 0.29) is 24.5 Å². The highest BCUT2D eigenvalue weighted by molar-refractivity contribution is 5.80. The molecule has 2 heterocycles. The monoisotopic (exact) mass is 437 g/mol. The molecule has 2 fully saturated rings. The maximum absolute atomic E-state index is 12.6. The molecule has 4 rings (SSSR count). The van der Waals surface area contributed by atoms with Crippen LogP contribution in [0.5, 0.6) is 0 Å². The molecule has 0 unspecified atom stereocenters. The van der Waals surface area contributed by atoms with Gasteiger partial charge in [0.05, 0.1) is 11.6 Å². The molecule has 32 heavy (non-hydrogen) atoms. The van der Waals surface area contributed by atoms with E-state index >= 15 is 0 Å². The molecule has 172 valence electrons. The summed E-state index contributed by atoms with van der Waals surface area (Å²) in [5.41, 5.74) is 2.17. The molecule has 0 bridgehead atoms. The maximum atomic E-state index is 12.6. The molecule has 2 aromatic rings. The molecule has 0 atom stereocenters. The molecule has 1 saturated heterocycles. The van der Waals surface area contributed by atoms with Gasteiger partial charge < -0.3 is 14.5 Å². The number of hydrogen-bond donors (Lipinski definition) is 0. The minimum absolute atomic E-state index is 0.0603. The third-order valence-corrected chi connectivity index (χ3v) is 6.73. The van der Waals surface area contributed by atoms with E-state index in [0.29, 0.717) is 32.6 Å². The molecule has 2 aliphatic rings. The van der Waals surface area contributed by atoms with Gasteiger partial charge in [0, 0.05) is 44.2 Å². The van der Waals surface area contributed by atoms with Crippen LogP contribution in [0, 0.1) is 0 Å². The van der Waals surface area contributed by atoms with Crippen molar-refractivity contribution in [3.05, 3.63) is 42.1 Å². The Morgan fingerprint density at radius 3 is 2.38 bits per heavy atom. The summed E-state index contributed by atoms with van der Waals surface area (Å²) in [6, 6.07) is 10.3. The van der Waals surface area contributed by atoms with Gasteiger partial charge in [0.1, 0.15) is 6.61 Å². The van der Waals surface area contributed by atoms with Crippen molar-refractivity contribution >= 4 is 22.7 Å². The lowest BCUT2D eigenvalue weighted by Gasteiger charge is -2.35. The first-order valence-electron chi connectivity index (χ1n) is 12.2. The third-order valence-electron chi connectivity index (χ3n) is 6.73. The number of amides is 2. The number of carbonyl (C=O) groups excluding carboxylic acids is 2. The molecule has 1 aromatic carbocycles. The van der Waals surface area contributed by atoms with E-state index < -0.39 is 0 Å². The topological polar surface area (TPSA) is 62.7 Å². The van der Waals surface area contributed by atoms with Crippen LogP contribution >= 0.6 is 0 Å². The van der Waals surface area contributed by atoms with Gasteiger partial charge in [-0.05, 0) is 43.4 Å². The molecule has 1 saturated carbocycles. The van der Waals surface area contributed by atoms with Gasteiger partial charge in [0.2, 0.25) is 11.8 Å². The lowest BCUT2D eigenvalue weighted by Crippen LogP contribution is -2.51. The Balaban J connectivity index is 1.15. The van der Waals surface area contributed by atoms with Crippen LogP contribution in [0.3, 0.4) is 0 Å². The van der Waals surface area contributed by atoms with E-state index in [1.165, 1.54) is 31.2 Å². The van der Waals surface area contributed by atoms with E-state index in [0.717, 1.165) is 36.6 Å². The van der Waals surface area contributed by atoms with Crippen molar-refractivity contribution in [3.63, 3.8) is 0 Å². The number of fused-ring (bicyclic) bond motifs is 1. The Kier molecular flexibility index (Phi) is 8.10. The number of ether oxygens (including phenoxy) is 1. The van der Waals surface area contributed by atoms with E-state index in [1.54, 1.807) is 0 Å². The molecule has 1 aliphatic heterocycles. The molecular weight excluding hydrogens is 402 g/mol. The van der Waals surface area contributed by atoms with Crippen LogP contribution in [-0.4, -0.2) is 65.5 Å². The number of aromatic nitrogens is 1. The number of rotatable bonds is 7. The number of nitrogens with zero attached hydrogens (tertiary/aromatic N) is 3. The number of carbonyl (C=O) groups is 2. The number of piperazine rings is 1. The lowest BCUT2D eigenvalue weighted by atomic mass is 10.1. The zero-order valence-corrected chi connectivity index (χ0v) is 19.0. The SMILES string of the molecule is O=C(CCCc1cnc2ccccc2c1)N1CCN(C(=O)COC2CCCCCC2)CC1. The Morgan fingerprint density at radius 2 is 1.62 bits per heavy atom. The molecule has 0 radical (unpaired) electrons. The third kappa shape index (κ3) is 6.28. The fourth-order valence-electron chi connectivity index (χ4n) is 4.75. The first kappa shape index (κ1) is 22.7. The number of aryl methyl sites for hydroxylation is 1. The van der Waals surface area contributed by atoms with Crippen molar-refractivity contribution < 1.29 is 14.3 Å². The fourth-order valence-corrected chi connectivity index (χ4v) is 4.75. The summed E-state index contributed by atoms with van der Waals surface area (Å²) < 4.78 is 5.90. The standard InChI is InChI=1S/C26H35N3O3/c30-25(13-7-8-21-18-22-9-5-6-12-24(22)27-19-21)28-14-16-29(17-15-28)26(31)20-32-23-10-3-1-2-4-11-23/h5-6,9,12,18-19,23H,1-4,7-8,10-11,13-17,20H2. The normalized spacial score (nSPS) is 18.0. The van der Waals surface area contributed by atoms with Gasteiger partial charge in [-0.1, -0.05) is 43.9 Å². The second-order valence-electron chi connectivity index (χ2n) is 9.08. The minimum Gasteiger partial charge on any atom is -0.368 e. The van der Waals surface area contributed by atoms with Crippen molar-refractivity contribution in [2.45, 2.75) is 63.9 Å². The van der Waals surface area contributed by atoms with Crippen LogP contribution in [0.15, 0.2) is 36.5 Å². The van der Waals surface area contributed by atoms with Crippen molar-refractivity contribution in [2.75, 3.05) is 32.8 Å². The quantitative estimate of drug-likeness (QED) is 0.615.